The van der Waals surface area contributed by atoms with Crippen molar-refractivity contribution in [3.8, 4) is 0 Å². The van der Waals surface area contributed by atoms with E-state index in [1.54, 1.807) is 0 Å². The minimum Gasteiger partial charge on any atom is -0.327 e. The zero-order chi connectivity index (χ0) is 12.1. The molecule has 1 atom stereocenters. The van der Waals surface area contributed by atoms with Gasteiger partial charge in [-0.3, -0.25) is 0 Å². The molecule has 0 saturated carbocycles. The maximum Gasteiger partial charge on any atom is 0.00619 e. The molecule has 0 aliphatic rings. The molecule has 0 fully saturated rings. The third kappa shape index (κ3) is 6.19. The average Bonchev–Trinajstić information content (AvgIpc) is 2.01. The average molecular weight is 213 g/mol. The highest BCUT2D eigenvalue weighted by Crippen LogP contribution is 2.38. The summed E-state index contributed by atoms with van der Waals surface area (Å²) in [6.45, 7) is 13.7. The molecular weight excluding hydrogens is 182 g/mol. The van der Waals surface area contributed by atoms with Gasteiger partial charge in [-0.25, -0.2) is 0 Å². The van der Waals surface area contributed by atoms with Gasteiger partial charge >= 0.3 is 0 Å². The Balaban J connectivity index is 4.12. The quantitative estimate of drug-likeness (QED) is 0.625. The van der Waals surface area contributed by atoms with Gasteiger partial charge in [0.05, 0.1) is 0 Å². The van der Waals surface area contributed by atoms with Crippen LogP contribution in [0.15, 0.2) is 0 Å². The molecule has 1 nitrogen and oxygen atoms in total. The summed E-state index contributed by atoms with van der Waals surface area (Å²) in [4.78, 5) is 0. The summed E-state index contributed by atoms with van der Waals surface area (Å²) in [6.07, 6.45) is 6.59. The van der Waals surface area contributed by atoms with E-state index >= 15 is 0 Å². The molecule has 15 heavy (non-hydrogen) atoms. The standard InChI is InChI=1S/C14H31N/c1-7-8-9-10-13(3,4)11-14(5,6)12(2)15/h12H,7-11,15H2,1-6H3. The van der Waals surface area contributed by atoms with Crippen molar-refractivity contribution in [3.63, 3.8) is 0 Å². The van der Waals surface area contributed by atoms with Crippen molar-refractivity contribution < 1.29 is 0 Å². The first kappa shape index (κ1) is 15.0. The molecule has 1 heteroatoms. The summed E-state index contributed by atoms with van der Waals surface area (Å²) in [7, 11) is 0. The molecule has 92 valence electrons. The Morgan fingerprint density at radius 2 is 1.60 bits per heavy atom. The van der Waals surface area contributed by atoms with E-state index in [9.17, 15) is 0 Å². The maximum atomic E-state index is 6.03. The van der Waals surface area contributed by atoms with Gasteiger partial charge in [-0.2, -0.15) is 0 Å². The SMILES string of the molecule is CCCCCC(C)(C)CC(C)(C)C(C)N. The zero-order valence-corrected chi connectivity index (χ0v) is 11.7. The second-order valence-electron chi connectivity index (χ2n) is 6.58. The van der Waals surface area contributed by atoms with Crippen molar-refractivity contribution in [2.24, 2.45) is 16.6 Å². The molecule has 0 heterocycles. The molecule has 0 radical (unpaired) electrons. The first-order chi connectivity index (χ1) is 6.71. The van der Waals surface area contributed by atoms with E-state index < -0.39 is 0 Å². The fraction of sp³-hybridized carbons (Fsp3) is 1.00. The van der Waals surface area contributed by atoms with Crippen molar-refractivity contribution in [1.29, 1.82) is 0 Å². The van der Waals surface area contributed by atoms with Gasteiger partial charge in [-0.1, -0.05) is 53.9 Å². The highest BCUT2D eigenvalue weighted by Gasteiger charge is 2.30. The number of hydrogen-bond acceptors (Lipinski definition) is 1. The number of rotatable bonds is 7. The molecule has 2 N–H and O–H groups in total. The van der Waals surface area contributed by atoms with E-state index in [0.717, 1.165) is 0 Å². The molecule has 0 aliphatic carbocycles. The molecule has 0 aliphatic heterocycles. The third-order valence-electron chi connectivity index (χ3n) is 3.62. The first-order valence-electron chi connectivity index (χ1n) is 6.47. The van der Waals surface area contributed by atoms with E-state index in [-0.39, 0.29) is 11.5 Å². The van der Waals surface area contributed by atoms with Crippen LogP contribution >= 0.6 is 0 Å². The molecule has 0 aromatic rings. The van der Waals surface area contributed by atoms with Crippen LogP contribution in [0, 0.1) is 10.8 Å². The highest BCUT2D eigenvalue weighted by molar-refractivity contribution is 4.84. The summed E-state index contributed by atoms with van der Waals surface area (Å²) in [5.41, 5.74) is 6.73. The first-order valence-corrected chi connectivity index (χ1v) is 6.47. The summed E-state index contributed by atoms with van der Waals surface area (Å²) < 4.78 is 0. The van der Waals surface area contributed by atoms with E-state index in [1.165, 1.54) is 32.1 Å². The lowest BCUT2D eigenvalue weighted by Gasteiger charge is -2.37. The van der Waals surface area contributed by atoms with Gasteiger partial charge in [-0.15, -0.1) is 0 Å². The van der Waals surface area contributed by atoms with Gasteiger partial charge in [0.2, 0.25) is 0 Å². The van der Waals surface area contributed by atoms with E-state index in [4.69, 9.17) is 5.73 Å². The Hall–Kier alpha value is -0.0400. The third-order valence-corrected chi connectivity index (χ3v) is 3.62. The number of unbranched alkanes of at least 4 members (excludes halogenated alkanes) is 2. The molecule has 0 amide bonds. The zero-order valence-electron chi connectivity index (χ0n) is 11.7. The predicted octanol–water partition coefficient (Wildman–Crippen LogP) is 4.36. The molecule has 0 aromatic heterocycles. The van der Waals surface area contributed by atoms with Gasteiger partial charge in [-0.05, 0) is 30.6 Å². The van der Waals surface area contributed by atoms with Crippen molar-refractivity contribution >= 4 is 0 Å². The van der Waals surface area contributed by atoms with Gasteiger partial charge in [0, 0.05) is 6.04 Å². The maximum absolute atomic E-state index is 6.03. The smallest absolute Gasteiger partial charge is 0.00619 e. The number of nitrogens with two attached hydrogens (primary N) is 1. The summed E-state index contributed by atoms with van der Waals surface area (Å²) in [6, 6.07) is 0.281. The van der Waals surface area contributed by atoms with Crippen LogP contribution in [0.2, 0.25) is 0 Å². The van der Waals surface area contributed by atoms with E-state index in [0.29, 0.717) is 5.41 Å². The predicted molar refractivity (Wildman–Crippen MR) is 70.0 cm³/mol. The summed E-state index contributed by atoms with van der Waals surface area (Å²) in [5.74, 6) is 0. The molecule has 0 spiro atoms. The molecule has 0 bridgehead atoms. The molecule has 0 saturated heterocycles. The summed E-state index contributed by atoms with van der Waals surface area (Å²) in [5, 5.41) is 0. The van der Waals surface area contributed by atoms with Crippen LogP contribution in [0.3, 0.4) is 0 Å². The largest absolute Gasteiger partial charge is 0.327 e. The van der Waals surface area contributed by atoms with Crippen molar-refractivity contribution in [1.82, 2.24) is 0 Å². The van der Waals surface area contributed by atoms with Crippen molar-refractivity contribution in [2.75, 3.05) is 0 Å². The molecular formula is C14H31N. The second-order valence-corrected chi connectivity index (χ2v) is 6.58. The van der Waals surface area contributed by atoms with Crippen LogP contribution < -0.4 is 5.73 Å². The fourth-order valence-corrected chi connectivity index (χ4v) is 2.34. The fourth-order valence-electron chi connectivity index (χ4n) is 2.34. The minimum absolute atomic E-state index is 0.260. The topological polar surface area (TPSA) is 26.0 Å². The lowest BCUT2D eigenvalue weighted by Crippen LogP contribution is -2.38. The lowest BCUT2D eigenvalue weighted by molar-refractivity contribution is 0.155. The Morgan fingerprint density at radius 1 is 1.07 bits per heavy atom. The van der Waals surface area contributed by atoms with Gasteiger partial charge in [0.1, 0.15) is 0 Å². The number of hydrogen-bond donors (Lipinski definition) is 1. The molecule has 1 unspecified atom stereocenters. The van der Waals surface area contributed by atoms with Crippen LogP contribution in [0.4, 0.5) is 0 Å². The Kier molecular flexibility index (Phi) is 5.87. The normalized spacial score (nSPS) is 15.4. The van der Waals surface area contributed by atoms with Gasteiger partial charge in [0.25, 0.3) is 0 Å². The Morgan fingerprint density at radius 3 is 2.00 bits per heavy atom. The lowest BCUT2D eigenvalue weighted by atomic mass is 9.70. The van der Waals surface area contributed by atoms with Crippen molar-refractivity contribution in [3.05, 3.63) is 0 Å². The highest BCUT2D eigenvalue weighted by atomic mass is 14.7. The minimum atomic E-state index is 0.260. The van der Waals surface area contributed by atoms with Crippen LogP contribution in [0.5, 0.6) is 0 Å². The van der Waals surface area contributed by atoms with Gasteiger partial charge < -0.3 is 5.73 Å². The van der Waals surface area contributed by atoms with Gasteiger partial charge in [0.15, 0.2) is 0 Å². The van der Waals surface area contributed by atoms with Crippen LogP contribution in [-0.4, -0.2) is 6.04 Å². The van der Waals surface area contributed by atoms with Crippen molar-refractivity contribution in [2.45, 2.75) is 79.7 Å². The summed E-state index contributed by atoms with van der Waals surface area (Å²) >= 11 is 0. The van der Waals surface area contributed by atoms with Crippen LogP contribution in [0.25, 0.3) is 0 Å². The molecule has 0 aromatic carbocycles. The van der Waals surface area contributed by atoms with Crippen LogP contribution in [0.1, 0.15) is 73.6 Å². The monoisotopic (exact) mass is 213 g/mol. The molecule has 0 rings (SSSR count). The van der Waals surface area contributed by atoms with E-state index in [1.807, 2.05) is 0 Å². The Bertz CT molecular complexity index is 168. The van der Waals surface area contributed by atoms with Crippen LogP contribution in [-0.2, 0) is 0 Å². The Labute approximate surface area is 96.8 Å². The van der Waals surface area contributed by atoms with E-state index in [2.05, 4.69) is 41.5 Å². The second kappa shape index (κ2) is 5.89.